The number of hydrogen-bond donors (Lipinski definition) is 0. The minimum Gasteiger partial charge on any atom is -0.436 e. The predicted molar refractivity (Wildman–Crippen MR) is 464 cm³/mol. The SMILES string of the molecule is Cc1ccc2c(n1)oc1c(N3[C@@H](C)C4(CCCCC4)CC3(C)C)c(C)ccc12.Cc1ccccc1N1c2ccccc2C(C)(C)[C@@H]1C.[2H]C([2H])([2H])C1(C)[C@H](C)N(c2ccccc2C)C(C)(C)C1([2H])[2H].[2H]C1([2H])C2(C3CC4CC(C3)CC2C4)[C@H](C)N(c2ccccc2C)C1(C)C.[2H]C1([2H])C2(CCCCC2)[C@H](C)N(c2ccccc2C)C1(C)C. The largest absolute Gasteiger partial charge is 0.436 e. The van der Waals surface area contributed by atoms with Gasteiger partial charge in [0.25, 0.3) is 0 Å². The third kappa shape index (κ3) is 13.5. The van der Waals surface area contributed by atoms with E-state index in [2.05, 4.69) is 257 Å². The highest BCUT2D eigenvalue weighted by Crippen LogP contribution is 2.70. The Hall–Kier alpha value is -6.73. The maximum Gasteiger partial charge on any atom is 0.227 e. The fourth-order valence-corrected chi connectivity index (χ4v) is 24.6. The van der Waals surface area contributed by atoms with E-state index in [9.17, 15) is 2.74 Å². The summed E-state index contributed by atoms with van der Waals surface area (Å²) in [6, 6.07) is 52.0. The van der Waals surface area contributed by atoms with Gasteiger partial charge >= 0.3 is 0 Å². The van der Waals surface area contributed by atoms with Crippen LogP contribution in [0.25, 0.3) is 22.1 Å². The summed E-state index contributed by atoms with van der Waals surface area (Å²) < 4.78 is 84.7. The molecule has 0 N–H and O–H groups in total. The van der Waals surface area contributed by atoms with Gasteiger partial charge in [0.15, 0.2) is 5.58 Å². The zero-order chi connectivity index (χ0) is 85.1. The molecule has 0 amide bonds. The smallest absolute Gasteiger partial charge is 0.227 e. The monoisotopic (exact) mass is 1460 g/mol. The molecule has 6 saturated carbocycles. The van der Waals surface area contributed by atoms with Gasteiger partial charge in [0.1, 0.15) is 0 Å². The zero-order valence-electron chi connectivity index (χ0n) is 79.5. The second-order valence-electron chi connectivity index (χ2n) is 38.8. The molecule has 0 radical (unpaired) electrons. The van der Waals surface area contributed by atoms with Crippen LogP contribution in [-0.4, -0.2) is 57.3 Å². The van der Waals surface area contributed by atoms with Crippen molar-refractivity contribution in [3.63, 3.8) is 0 Å². The molecule has 19 rings (SSSR count). The molecular weight excluding hydrogens is 1310 g/mol. The molecule has 5 aliphatic heterocycles. The van der Waals surface area contributed by atoms with Gasteiger partial charge in [-0.25, -0.2) is 4.98 Å². The van der Waals surface area contributed by atoms with Crippen molar-refractivity contribution in [2.75, 3.05) is 24.5 Å². The van der Waals surface area contributed by atoms with E-state index in [1.165, 1.54) is 152 Å². The highest BCUT2D eigenvalue weighted by molar-refractivity contribution is 6.09. The Kier molecular flexibility index (Phi) is 17.9. The lowest BCUT2D eigenvalue weighted by Crippen LogP contribution is -2.57. The van der Waals surface area contributed by atoms with Crippen molar-refractivity contribution < 1.29 is 16.8 Å². The van der Waals surface area contributed by atoms with Crippen molar-refractivity contribution in [1.29, 1.82) is 0 Å². The lowest BCUT2D eigenvalue weighted by atomic mass is 9.43. The number of pyridine rings is 1. The molecule has 6 aromatic carbocycles. The van der Waals surface area contributed by atoms with Crippen molar-refractivity contribution in [3.05, 3.63) is 185 Å². The lowest BCUT2D eigenvalue weighted by Gasteiger charge is -2.62. The summed E-state index contributed by atoms with van der Waals surface area (Å²) in [5.41, 5.74) is 14.7. The van der Waals surface area contributed by atoms with Crippen molar-refractivity contribution in [3.8, 4) is 0 Å². The second-order valence-corrected chi connectivity index (χ2v) is 38.8. The van der Waals surface area contributed by atoms with E-state index < -0.39 is 54.0 Å². The lowest BCUT2D eigenvalue weighted by molar-refractivity contribution is -0.113. The number of aryl methyl sites for hydroxylation is 6. The minimum absolute atomic E-state index is 0.123. The zero-order valence-corrected chi connectivity index (χ0v) is 70.5. The van der Waals surface area contributed by atoms with Gasteiger partial charge in [-0.3, -0.25) is 0 Å². The first-order valence-electron chi connectivity index (χ1n) is 46.7. The number of nitrogens with zero attached hydrogens (tertiary/aromatic N) is 6. The van der Waals surface area contributed by atoms with Crippen molar-refractivity contribution >= 4 is 56.2 Å². The molecule has 7 heterocycles. The molecule has 4 saturated heterocycles. The van der Waals surface area contributed by atoms with Gasteiger partial charge < -0.3 is 28.9 Å². The number of benzene rings is 6. The first kappa shape index (κ1) is 67.0. The second kappa shape index (κ2) is 28.8. The van der Waals surface area contributed by atoms with Gasteiger partial charge in [0.05, 0.1) is 5.69 Å². The molecule has 1 unspecified atom stereocenters. The average Bonchev–Trinajstić information content (AvgIpc) is 1.51. The Morgan fingerprint density at radius 2 is 0.833 bits per heavy atom. The maximum absolute atomic E-state index is 9.52. The van der Waals surface area contributed by atoms with Crippen LogP contribution < -0.4 is 24.5 Å². The first-order valence-corrected chi connectivity index (χ1v) is 42.2. The summed E-state index contributed by atoms with van der Waals surface area (Å²) >= 11 is 0. The van der Waals surface area contributed by atoms with Crippen molar-refractivity contribution in [2.24, 2.45) is 45.3 Å². The number of hydrogen-bond acceptors (Lipinski definition) is 7. The number of aromatic nitrogens is 1. The fourth-order valence-electron chi connectivity index (χ4n) is 24.6. The molecule has 11 aliphatic rings. The van der Waals surface area contributed by atoms with Crippen LogP contribution in [0.2, 0.25) is 0 Å². The summed E-state index contributed by atoms with van der Waals surface area (Å²) in [5.74, 6) is 2.89. The van der Waals surface area contributed by atoms with Crippen LogP contribution in [-0.2, 0) is 5.41 Å². The van der Waals surface area contributed by atoms with Gasteiger partial charge in [-0.05, 0) is 336 Å². The highest BCUT2D eigenvalue weighted by Gasteiger charge is 2.66. The summed E-state index contributed by atoms with van der Waals surface area (Å²) in [6.07, 6.45) is 16.1. The molecule has 10 fully saturated rings. The maximum atomic E-state index is 9.52. The molecule has 580 valence electrons. The van der Waals surface area contributed by atoms with E-state index in [1.807, 2.05) is 49.9 Å². The number of furan rings is 1. The van der Waals surface area contributed by atoms with E-state index in [4.69, 9.17) is 14.0 Å². The number of rotatable bonds is 5. The van der Waals surface area contributed by atoms with Crippen LogP contribution in [0, 0.1) is 86.9 Å². The molecule has 2 aromatic heterocycles. The third-order valence-electron chi connectivity index (χ3n) is 29.6. The summed E-state index contributed by atoms with van der Waals surface area (Å²) in [5, 5.41) is 2.31. The quantitative estimate of drug-likeness (QED) is 0.170. The Morgan fingerprint density at radius 3 is 1.34 bits per heavy atom. The molecular formula is C101H140N6O. The highest BCUT2D eigenvalue weighted by atomic mass is 16.3. The van der Waals surface area contributed by atoms with Gasteiger partial charge in [-0.1, -0.05) is 169 Å². The molecule has 6 aliphatic carbocycles. The normalized spacial score (nSPS) is 32.8. The van der Waals surface area contributed by atoms with E-state index in [0.29, 0.717) is 29.3 Å². The van der Waals surface area contributed by atoms with E-state index >= 15 is 0 Å². The van der Waals surface area contributed by atoms with Crippen molar-refractivity contribution in [1.82, 2.24) is 4.98 Å². The van der Waals surface area contributed by atoms with Crippen molar-refractivity contribution in [2.45, 2.75) is 339 Å². The number of anilines is 6. The minimum atomic E-state index is -2.38. The molecule has 108 heavy (non-hydrogen) atoms. The molecule has 8 aromatic rings. The van der Waals surface area contributed by atoms with Gasteiger partial charge in [-0.15, -0.1) is 0 Å². The average molecular weight is 1460 g/mol. The molecule has 3 spiro atoms. The molecule has 6 atom stereocenters. The molecule has 7 nitrogen and oxygen atoms in total. The molecule has 7 heteroatoms. The van der Waals surface area contributed by atoms with E-state index in [0.717, 1.165) is 58.3 Å². The van der Waals surface area contributed by atoms with Crippen LogP contribution in [0.3, 0.4) is 0 Å². The third-order valence-corrected chi connectivity index (χ3v) is 29.6. The topological polar surface area (TPSA) is 42.2 Å². The summed E-state index contributed by atoms with van der Waals surface area (Å²) in [6.45, 7) is 44.8. The number of fused-ring (bicyclic) bond motifs is 4. The van der Waals surface area contributed by atoms with Crippen LogP contribution in [0.15, 0.2) is 150 Å². The first-order chi connectivity index (χ1) is 54.6. The van der Waals surface area contributed by atoms with Crippen LogP contribution >= 0.6 is 0 Å². The fraction of sp³-hybridized carbons (Fsp3) is 0.594. The molecule has 4 bridgehead atoms. The summed E-state index contributed by atoms with van der Waals surface area (Å²) in [4.78, 5) is 16.7. The Bertz CT molecular complexity index is 4930. The Balaban J connectivity index is 0.000000121. The Labute approximate surface area is 667 Å². The van der Waals surface area contributed by atoms with E-state index in [1.54, 1.807) is 20.8 Å². The van der Waals surface area contributed by atoms with E-state index in [-0.39, 0.29) is 33.9 Å². The summed E-state index contributed by atoms with van der Waals surface area (Å²) in [7, 11) is 0. The van der Waals surface area contributed by atoms with Crippen LogP contribution in [0.5, 0.6) is 0 Å². The van der Waals surface area contributed by atoms with Gasteiger partial charge in [-0.2, -0.15) is 0 Å². The number of para-hydroxylation sites is 5. The van der Waals surface area contributed by atoms with Crippen LogP contribution in [0.1, 0.15) is 291 Å². The van der Waals surface area contributed by atoms with Gasteiger partial charge in [0, 0.05) is 115 Å². The predicted octanol–water partition coefficient (Wildman–Crippen LogP) is 27.3. The Morgan fingerprint density at radius 1 is 0.398 bits per heavy atom. The van der Waals surface area contributed by atoms with Gasteiger partial charge in [0.2, 0.25) is 5.71 Å². The standard InChI is InChI=1S/C25H32N2O.C23H33N.C19H29N.C18H21N.C16H25N/c1-16-9-11-19-20-12-10-17(2)26-23(20)28-22(19)21(16)27-18(3)25(15-24(27,4)5)13-7-6-8-14-25;1-15-7-5-6-8-21(15)24-16(2)23(14-22(24,3)4)19-10-17-9-18(12-19)13-20(23)11-17;1-15-10-6-7-11-17(15)20-16(2)19(14-18(20,3)4)12-8-5-9-13-19;1-13-9-5-7-11-16(13)19-14(2)18(3,4)15-10-6-8-12-17(15)19;1-12-9-7-8-10-14(12)17-13(2)15(3,4)11-16(17,5)6/h9-12,18H,6-8,13-15H2,1-5H3;5-8,16-20H,9-14H2,1-4H3;6-7,10-11,16H,5,8-9,12-14H2,1-4H3;5-12,14H,1-4H3;7-10,13H,11H2,1-6H3/t18-;16-,17?,18?,19?,20?,23?;16-;14-;13-/m00000/s1/i;2*14D2;;3D3,11D2/t;2m;;13-,15?. The van der Waals surface area contributed by atoms with Crippen LogP contribution in [0.4, 0.5) is 34.1 Å².